The van der Waals surface area contributed by atoms with Crippen molar-refractivity contribution in [1.29, 1.82) is 0 Å². The molecule has 33 heavy (non-hydrogen) atoms. The average molecular weight is 489 g/mol. The van der Waals surface area contributed by atoms with Crippen LogP contribution in [0, 0.1) is 0 Å². The molecule has 0 saturated carbocycles. The van der Waals surface area contributed by atoms with E-state index in [9.17, 15) is 14.4 Å². The molecule has 1 amide bonds. The van der Waals surface area contributed by atoms with Crippen molar-refractivity contribution in [2.45, 2.75) is 20.8 Å². The number of hydrogen-bond donors (Lipinski definition) is 2. The van der Waals surface area contributed by atoms with Gasteiger partial charge in [-0.05, 0) is 49.8 Å². The summed E-state index contributed by atoms with van der Waals surface area (Å²) in [5.41, 5.74) is 2.14. The van der Waals surface area contributed by atoms with Crippen LogP contribution in [0.15, 0.2) is 36.4 Å². The normalized spacial score (nSPS) is 11.4. The molecule has 0 spiro atoms. The summed E-state index contributed by atoms with van der Waals surface area (Å²) in [6, 6.07) is 9.91. The summed E-state index contributed by atoms with van der Waals surface area (Å²) < 4.78 is 10.4. The number of nitrogens with one attached hydrogen (secondary N) is 2. The molecule has 0 aliphatic carbocycles. The summed E-state index contributed by atoms with van der Waals surface area (Å²) in [6.07, 6.45) is 1.52. The quantitative estimate of drug-likeness (QED) is 0.327. The van der Waals surface area contributed by atoms with Gasteiger partial charge < -0.3 is 19.8 Å². The summed E-state index contributed by atoms with van der Waals surface area (Å²) in [5, 5.41) is 3.87. The molecule has 172 valence electrons. The van der Waals surface area contributed by atoms with E-state index in [1.54, 1.807) is 50.2 Å². The lowest BCUT2D eigenvalue weighted by molar-refractivity contribution is -0.136. The number of H-pyrrole nitrogens is 1. The minimum Gasteiger partial charge on any atom is -0.462 e. The van der Waals surface area contributed by atoms with Crippen LogP contribution in [0.25, 0.3) is 22.6 Å². The monoisotopic (exact) mass is 488 g/mol. The fraction of sp³-hybridized carbons (Fsp3) is 0.208. The Balaban J connectivity index is 2.29. The number of anilines is 1. The number of esters is 2. The van der Waals surface area contributed by atoms with Gasteiger partial charge in [0.25, 0.3) is 0 Å². The van der Waals surface area contributed by atoms with Gasteiger partial charge in [0.05, 0.1) is 23.8 Å². The number of rotatable bonds is 7. The van der Waals surface area contributed by atoms with Crippen LogP contribution in [0.3, 0.4) is 0 Å². The Morgan fingerprint density at radius 2 is 1.79 bits per heavy atom. The number of aromatic amines is 1. The molecule has 3 aromatic rings. The summed E-state index contributed by atoms with van der Waals surface area (Å²) in [6.45, 7) is 5.08. The Hall–Kier alpha value is -3.29. The van der Waals surface area contributed by atoms with Crippen LogP contribution in [0.1, 0.15) is 42.4 Å². The first kappa shape index (κ1) is 24.4. The van der Waals surface area contributed by atoms with Gasteiger partial charge in [0.2, 0.25) is 5.91 Å². The predicted octanol–water partition coefficient (Wildman–Crippen LogP) is 5.71. The lowest BCUT2D eigenvalue weighted by Crippen LogP contribution is -2.10. The van der Waals surface area contributed by atoms with Crippen molar-refractivity contribution < 1.29 is 23.9 Å². The molecule has 2 N–H and O–H groups in total. The van der Waals surface area contributed by atoms with Gasteiger partial charge in [0.1, 0.15) is 5.69 Å². The molecule has 2 aromatic carbocycles. The molecule has 1 aromatic heterocycles. The van der Waals surface area contributed by atoms with Crippen LogP contribution in [0.5, 0.6) is 0 Å². The maximum absolute atomic E-state index is 12.9. The largest absolute Gasteiger partial charge is 0.462 e. The molecule has 0 aliphatic heterocycles. The Morgan fingerprint density at radius 3 is 2.45 bits per heavy atom. The van der Waals surface area contributed by atoms with Crippen LogP contribution in [0.4, 0.5) is 5.69 Å². The van der Waals surface area contributed by atoms with E-state index in [0.29, 0.717) is 37.8 Å². The molecule has 7 nitrogen and oxygen atoms in total. The highest BCUT2D eigenvalue weighted by atomic mass is 35.5. The van der Waals surface area contributed by atoms with Gasteiger partial charge in [-0.25, -0.2) is 9.59 Å². The molecule has 9 heteroatoms. The fourth-order valence-electron chi connectivity index (χ4n) is 3.36. The van der Waals surface area contributed by atoms with Crippen molar-refractivity contribution in [1.82, 2.24) is 4.98 Å². The van der Waals surface area contributed by atoms with Gasteiger partial charge in [-0.3, -0.25) is 4.79 Å². The molecule has 1 heterocycles. The van der Waals surface area contributed by atoms with Gasteiger partial charge >= 0.3 is 11.9 Å². The van der Waals surface area contributed by atoms with Crippen molar-refractivity contribution in [2.75, 3.05) is 18.5 Å². The summed E-state index contributed by atoms with van der Waals surface area (Å²) in [4.78, 5) is 40.1. The number of hydrogen-bond acceptors (Lipinski definition) is 5. The maximum atomic E-state index is 12.9. The van der Waals surface area contributed by atoms with Crippen LogP contribution in [-0.2, 0) is 19.1 Å². The molecule has 0 radical (unpaired) electrons. The average Bonchev–Trinajstić information content (AvgIpc) is 3.10. The third kappa shape index (κ3) is 5.56. The van der Waals surface area contributed by atoms with E-state index in [0.717, 1.165) is 0 Å². The number of benzene rings is 2. The first-order valence-corrected chi connectivity index (χ1v) is 10.9. The zero-order chi connectivity index (χ0) is 24.1. The summed E-state index contributed by atoms with van der Waals surface area (Å²) >= 11 is 12.6. The number of amides is 1. The van der Waals surface area contributed by atoms with Crippen LogP contribution >= 0.6 is 23.2 Å². The first-order chi connectivity index (χ1) is 15.7. The van der Waals surface area contributed by atoms with E-state index in [4.69, 9.17) is 32.7 Å². The third-order valence-electron chi connectivity index (χ3n) is 4.61. The summed E-state index contributed by atoms with van der Waals surface area (Å²) in [5.74, 6) is -1.47. The molecule has 0 atom stereocenters. The second kappa shape index (κ2) is 10.6. The molecule has 0 aliphatic rings. The number of aromatic nitrogens is 1. The molecular weight excluding hydrogens is 467 g/mol. The number of carbonyl (C=O) groups is 3. The zero-order valence-corrected chi connectivity index (χ0v) is 19.8. The van der Waals surface area contributed by atoms with Crippen LogP contribution in [0.2, 0.25) is 10.0 Å². The van der Waals surface area contributed by atoms with Crippen molar-refractivity contribution in [3.05, 3.63) is 63.3 Å². The fourth-order valence-corrected chi connectivity index (χ4v) is 3.96. The maximum Gasteiger partial charge on any atom is 0.355 e. The smallest absolute Gasteiger partial charge is 0.355 e. The lowest BCUT2D eigenvalue weighted by Gasteiger charge is -2.11. The third-order valence-corrected chi connectivity index (χ3v) is 5.13. The Labute approximate surface area is 200 Å². The van der Waals surface area contributed by atoms with E-state index in [-0.39, 0.29) is 30.4 Å². The highest BCUT2D eigenvalue weighted by Crippen LogP contribution is 2.35. The van der Waals surface area contributed by atoms with Crippen LogP contribution < -0.4 is 5.32 Å². The predicted molar refractivity (Wildman–Crippen MR) is 130 cm³/mol. The number of carbonyl (C=O) groups excluding carboxylic acids is 3. The van der Waals surface area contributed by atoms with Crippen molar-refractivity contribution in [2.24, 2.45) is 0 Å². The minimum absolute atomic E-state index is 0.121. The molecular formula is C24H22Cl2N2O5. The Morgan fingerprint density at radius 1 is 1.06 bits per heavy atom. The number of ether oxygens (including phenoxy) is 2. The van der Waals surface area contributed by atoms with Gasteiger partial charge in [-0.1, -0.05) is 35.3 Å². The van der Waals surface area contributed by atoms with Crippen molar-refractivity contribution >= 4 is 69.3 Å². The standard InChI is InChI=1S/C24H22Cl2N2O5/c1-4-32-23(30)17(14-7-6-8-16(9-14)27-13(3)29)12-18-21-19(26)10-15(25)11-20(21)28-22(18)24(31)33-5-2/h6-12,28H,4-5H2,1-3H3,(H,27,29)/b17-12+. The molecule has 0 bridgehead atoms. The second-order valence-electron chi connectivity index (χ2n) is 6.98. The second-order valence-corrected chi connectivity index (χ2v) is 7.83. The number of halogens is 2. The Bertz CT molecular complexity index is 1260. The zero-order valence-electron chi connectivity index (χ0n) is 18.3. The van der Waals surface area contributed by atoms with E-state index in [1.165, 1.54) is 13.0 Å². The van der Waals surface area contributed by atoms with E-state index < -0.39 is 11.9 Å². The van der Waals surface area contributed by atoms with Gasteiger partial charge in [0.15, 0.2) is 0 Å². The van der Waals surface area contributed by atoms with E-state index >= 15 is 0 Å². The number of fused-ring (bicyclic) bond motifs is 1. The topological polar surface area (TPSA) is 97.5 Å². The van der Waals surface area contributed by atoms with Gasteiger partial charge in [0, 0.05) is 34.1 Å². The Kier molecular flexibility index (Phi) is 7.79. The van der Waals surface area contributed by atoms with Gasteiger partial charge in [-0.2, -0.15) is 0 Å². The van der Waals surface area contributed by atoms with Crippen molar-refractivity contribution in [3.8, 4) is 0 Å². The lowest BCUT2D eigenvalue weighted by atomic mass is 10.00. The highest BCUT2D eigenvalue weighted by molar-refractivity contribution is 6.39. The molecule has 0 fully saturated rings. The first-order valence-electron chi connectivity index (χ1n) is 10.2. The van der Waals surface area contributed by atoms with Crippen LogP contribution in [-0.4, -0.2) is 36.0 Å². The molecule has 3 rings (SSSR count). The SMILES string of the molecule is CCOC(=O)/C(=C/c1c(C(=O)OCC)[nH]c2cc(Cl)cc(Cl)c12)c1cccc(NC(C)=O)c1. The minimum atomic E-state index is -0.609. The molecule has 0 unspecified atom stereocenters. The highest BCUT2D eigenvalue weighted by Gasteiger charge is 2.23. The van der Waals surface area contributed by atoms with Gasteiger partial charge in [-0.15, -0.1) is 0 Å². The van der Waals surface area contributed by atoms with E-state index in [1.807, 2.05) is 0 Å². The van der Waals surface area contributed by atoms with E-state index in [2.05, 4.69) is 10.3 Å². The van der Waals surface area contributed by atoms with Crippen molar-refractivity contribution in [3.63, 3.8) is 0 Å². The summed E-state index contributed by atoms with van der Waals surface area (Å²) in [7, 11) is 0. The molecule has 0 saturated heterocycles.